The molecule has 0 unspecified atom stereocenters. The van der Waals surface area contributed by atoms with Gasteiger partial charge in [-0.2, -0.15) is 0 Å². The van der Waals surface area contributed by atoms with Crippen LogP contribution in [0.4, 0.5) is 13.2 Å². The standard InChI is InChI=1S/C32H35F3O/c1-3-4-5-20-36-27-17-16-26(30(33)21-27)15-10-23-8-13-25(14-9-23)29-19-18-28(31(34)32(29)35)24-11-6-22(2)7-12-24/h3,8-9,13-14,16-19,21-22,24H,1,4-7,10-12,15,20H2,2H3. The molecule has 0 saturated heterocycles. The molecule has 1 aliphatic rings. The number of hydrogen-bond acceptors (Lipinski definition) is 1. The first-order valence-electron chi connectivity index (χ1n) is 13.1. The maximum atomic E-state index is 15.0. The maximum Gasteiger partial charge on any atom is 0.166 e. The van der Waals surface area contributed by atoms with E-state index in [0.29, 0.717) is 47.8 Å². The zero-order chi connectivity index (χ0) is 25.5. The molecule has 0 radical (unpaired) electrons. The number of benzene rings is 3. The summed E-state index contributed by atoms with van der Waals surface area (Å²) in [6.07, 6.45) is 8.69. The van der Waals surface area contributed by atoms with Crippen LogP contribution in [-0.2, 0) is 12.8 Å². The van der Waals surface area contributed by atoms with Crippen molar-refractivity contribution in [3.05, 3.63) is 101 Å². The monoisotopic (exact) mass is 492 g/mol. The molecule has 1 saturated carbocycles. The summed E-state index contributed by atoms with van der Waals surface area (Å²) in [4.78, 5) is 0. The van der Waals surface area contributed by atoms with E-state index in [-0.39, 0.29) is 17.3 Å². The summed E-state index contributed by atoms with van der Waals surface area (Å²) in [6.45, 7) is 6.43. The number of unbranched alkanes of at least 4 members (excludes halogenated alkanes) is 1. The largest absolute Gasteiger partial charge is 0.493 e. The third-order valence-electron chi connectivity index (χ3n) is 7.36. The second-order valence-electron chi connectivity index (χ2n) is 10.0. The van der Waals surface area contributed by atoms with Crippen LogP contribution in [0.1, 0.15) is 68.1 Å². The first-order chi connectivity index (χ1) is 17.5. The third-order valence-corrected chi connectivity index (χ3v) is 7.36. The van der Waals surface area contributed by atoms with E-state index < -0.39 is 11.6 Å². The molecule has 0 heterocycles. The van der Waals surface area contributed by atoms with E-state index in [9.17, 15) is 8.78 Å². The van der Waals surface area contributed by atoms with Gasteiger partial charge in [0, 0.05) is 11.6 Å². The van der Waals surface area contributed by atoms with Crippen LogP contribution in [0.5, 0.6) is 5.75 Å². The van der Waals surface area contributed by atoms with Crippen molar-refractivity contribution in [3.63, 3.8) is 0 Å². The van der Waals surface area contributed by atoms with Gasteiger partial charge in [-0.1, -0.05) is 68.3 Å². The zero-order valence-electron chi connectivity index (χ0n) is 21.0. The molecule has 0 spiro atoms. The topological polar surface area (TPSA) is 9.23 Å². The molecule has 3 aromatic rings. The summed E-state index contributed by atoms with van der Waals surface area (Å²) in [5.41, 5.74) is 3.06. The van der Waals surface area contributed by atoms with Crippen LogP contribution in [0.2, 0.25) is 0 Å². The van der Waals surface area contributed by atoms with Crippen LogP contribution in [-0.4, -0.2) is 6.61 Å². The summed E-state index contributed by atoms with van der Waals surface area (Å²) in [5, 5.41) is 0. The van der Waals surface area contributed by atoms with E-state index >= 15 is 4.39 Å². The molecule has 3 aromatic carbocycles. The van der Waals surface area contributed by atoms with E-state index in [2.05, 4.69) is 13.5 Å². The Hall–Kier alpha value is -3.01. The van der Waals surface area contributed by atoms with Crippen molar-refractivity contribution < 1.29 is 17.9 Å². The SMILES string of the molecule is C=CCCCOc1ccc(CCc2ccc(-c3ccc(C4CCC(C)CC4)c(F)c3F)cc2)c(F)c1. The van der Waals surface area contributed by atoms with Crippen molar-refractivity contribution in [2.45, 2.75) is 64.2 Å². The highest BCUT2D eigenvalue weighted by Gasteiger charge is 2.25. The van der Waals surface area contributed by atoms with Crippen molar-refractivity contribution in [2.24, 2.45) is 5.92 Å². The Balaban J connectivity index is 1.37. The number of ether oxygens (including phenoxy) is 1. The van der Waals surface area contributed by atoms with Crippen molar-refractivity contribution in [1.29, 1.82) is 0 Å². The quantitative estimate of drug-likeness (QED) is 0.202. The number of aryl methyl sites for hydroxylation is 2. The van der Waals surface area contributed by atoms with Gasteiger partial charge < -0.3 is 4.74 Å². The fourth-order valence-corrected chi connectivity index (χ4v) is 5.04. The van der Waals surface area contributed by atoms with Gasteiger partial charge in [-0.15, -0.1) is 6.58 Å². The molecule has 36 heavy (non-hydrogen) atoms. The van der Waals surface area contributed by atoms with Crippen LogP contribution in [0.3, 0.4) is 0 Å². The Morgan fingerprint density at radius 2 is 1.64 bits per heavy atom. The Kier molecular flexibility index (Phi) is 8.90. The van der Waals surface area contributed by atoms with Gasteiger partial charge in [0.2, 0.25) is 0 Å². The van der Waals surface area contributed by atoms with E-state index in [4.69, 9.17) is 4.74 Å². The minimum absolute atomic E-state index is 0.102. The first-order valence-corrected chi connectivity index (χ1v) is 13.1. The molecule has 0 bridgehead atoms. The second kappa shape index (κ2) is 12.3. The van der Waals surface area contributed by atoms with Crippen LogP contribution in [0, 0.1) is 23.4 Å². The molecule has 4 heteroatoms. The first kappa shape index (κ1) is 26.1. The molecule has 4 rings (SSSR count). The van der Waals surface area contributed by atoms with E-state index in [1.165, 1.54) is 6.07 Å². The Morgan fingerprint density at radius 3 is 2.33 bits per heavy atom. The van der Waals surface area contributed by atoms with Crippen LogP contribution < -0.4 is 4.74 Å². The highest BCUT2D eigenvalue weighted by atomic mass is 19.2. The molecule has 0 atom stereocenters. The normalized spacial score (nSPS) is 17.7. The Morgan fingerprint density at radius 1 is 0.889 bits per heavy atom. The molecule has 1 aliphatic carbocycles. The molecule has 0 aliphatic heterocycles. The summed E-state index contributed by atoms with van der Waals surface area (Å²) in [7, 11) is 0. The average molecular weight is 493 g/mol. The molecule has 0 aromatic heterocycles. The van der Waals surface area contributed by atoms with Crippen molar-refractivity contribution in [1.82, 2.24) is 0 Å². The molecular weight excluding hydrogens is 457 g/mol. The fraction of sp³-hybridized carbons (Fsp3) is 0.375. The lowest BCUT2D eigenvalue weighted by Crippen LogP contribution is -2.13. The Bertz CT molecular complexity index is 1160. The van der Waals surface area contributed by atoms with Gasteiger partial charge in [0.05, 0.1) is 6.61 Å². The van der Waals surface area contributed by atoms with Gasteiger partial charge in [-0.05, 0) is 78.7 Å². The van der Waals surface area contributed by atoms with Crippen LogP contribution in [0.25, 0.3) is 11.1 Å². The molecule has 1 fully saturated rings. The van der Waals surface area contributed by atoms with Gasteiger partial charge >= 0.3 is 0 Å². The molecule has 1 nitrogen and oxygen atoms in total. The van der Waals surface area contributed by atoms with E-state index in [1.54, 1.807) is 24.3 Å². The lowest BCUT2D eigenvalue weighted by molar-refractivity contribution is 0.310. The van der Waals surface area contributed by atoms with Crippen LogP contribution >= 0.6 is 0 Å². The summed E-state index contributed by atoms with van der Waals surface area (Å²) in [5.74, 6) is -0.465. The predicted molar refractivity (Wildman–Crippen MR) is 141 cm³/mol. The number of allylic oxidation sites excluding steroid dienone is 1. The summed E-state index contributed by atoms with van der Waals surface area (Å²) >= 11 is 0. The van der Waals surface area contributed by atoms with Crippen LogP contribution in [0.15, 0.2) is 67.3 Å². The van der Waals surface area contributed by atoms with Crippen molar-refractivity contribution in [3.8, 4) is 16.9 Å². The lowest BCUT2D eigenvalue weighted by atomic mass is 9.79. The highest BCUT2D eigenvalue weighted by molar-refractivity contribution is 5.65. The smallest absolute Gasteiger partial charge is 0.166 e. The zero-order valence-corrected chi connectivity index (χ0v) is 21.0. The lowest BCUT2D eigenvalue weighted by Gasteiger charge is -2.27. The third kappa shape index (κ3) is 6.40. The summed E-state index contributed by atoms with van der Waals surface area (Å²) < 4.78 is 50.1. The molecular formula is C32H35F3O. The van der Waals surface area contributed by atoms with E-state index in [1.807, 2.05) is 30.3 Å². The van der Waals surface area contributed by atoms with E-state index in [0.717, 1.165) is 44.1 Å². The predicted octanol–water partition coefficient (Wildman–Crippen LogP) is 9.19. The van der Waals surface area contributed by atoms with Gasteiger partial charge in [0.15, 0.2) is 11.6 Å². The van der Waals surface area contributed by atoms with Gasteiger partial charge in [0.1, 0.15) is 11.6 Å². The summed E-state index contributed by atoms with van der Waals surface area (Å²) in [6, 6.07) is 15.9. The van der Waals surface area contributed by atoms with Crippen molar-refractivity contribution in [2.75, 3.05) is 6.61 Å². The van der Waals surface area contributed by atoms with Gasteiger partial charge in [-0.25, -0.2) is 13.2 Å². The average Bonchev–Trinajstić information content (AvgIpc) is 2.89. The second-order valence-corrected chi connectivity index (χ2v) is 10.0. The Labute approximate surface area is 213 Å². The molecule has 190 valence electrons. The molecule has 0 amide bonds. The maximum absolute atomic E-state index is 15.0. The number of hydrogen-bond donors (Lipinski definition) is 0. The minimum Gasteiger partial charge on any atom is -0.493 e. The number of halogens is 3. The highest BCUT2D eigenvalue weighted by Crippen LogP contribution is 2.38. The minimum atomic E-state index is -0.771. The fourth-order valence-electron chi connectivity index (χ4n) is 5.04. The van der Waals surface area contributed by atoms with Crippen molar-refractivity contribution >= 4 is 0 Å². The van der Waals surface area contributed by atoms with Gasteiger partial charge in [0.25, 0.3) is 0 Å². The van der Waals surface area contributed by atoms with Gasteiger partial charge in [-0.3, -0.25) is 0 Å². The molecule has 0 N–H and O–H groups in total. The number of rotatable bonds is 10.